The Morgan fingerprint density at radius 3 is 1.96 bits per heavy atom. The first-order chi connectivity index (χ1) is 11.3. The number of esters is 1. The number of rotatable bonds is 6. The number of benzene rings is 2. The Morgan fingerprint density at radius 2 is 1.46 bits per heavy atom. The molecular weight excluding hydrogens is 298 g/mol. The van der Waals surface area contributed by atoms with Gasteiger partial charge in [-0.1, -0.05) is 60.7 Å². The van der Waals surface area contributed by atoms with Crippen LogP contribution in [0.2, 0.25) is 0 Å². The van der Waals surface area contributed by atoms with Crippen LogP contribution in [0.4, 0.5) is 0 Å². The monoisotopic (exact) mass is 325 g/mol. The molecule has 0 amide bonds. The van der Waals surface area contributed by atoms with Gasteiger partial charge in [-0.05, 0) is 38.8 Å². The molecule has 0 bridgehead atoms. The third-order valence-electron chi connectivity index (χ3n) is 3.74. The largest absolute Gasteiger partial charge is 0.460 e. The van der Waals surface area contributed by atoms with Gasteiger partial charge in [0.15, 0.2) is 0 Å². The Bertz CT molecular complexity index is 632. The van der Waals surface area contributed by atoms with Crippen LogP contribution in [0, 0.1) is 0 Å². The summed E-state index contributed by atoms with van der Waals surface area (Å²) in [7, 11) is 0. The summed E-state index contributed by atoms with van der Waals surface area (Å²) in [6.45, 7) is 7.79. The molecule has 0 aliphatic heterocycles. The average molecular weight is 325 g/mol. The van der Waals surface area contributed by atoms with Crippen LogP contribution in [0.3, 0.4) is 0 Å². The molecule has 0 aliphatic carbocycles. The Labute approximate surface area is 145 Å². The van der Waals surface area contributed by atoms with E-state index in [1.165, 1.54) is 5.56 Å². The predicted molar refractivity (Wildman–Crippen MR) is 97.6 cm³/mol. The van der Waals surface area contributed by atoms with Crippen LogP contribution < -0.4 is 5.32 Å². The normalized spacial score (nSPS) is 14.0. The van der Waals surface area contributed by atoms with Crippen molar-refractivity contribution >= 4 is 5.97 Å². The zero-order valence-electron chi connectivity index (χ0n) is 15.0. The van der Waals surface area contributed by atoms with Crippen LogP contribution in [0.1, 0.15) is 57.3 Å². The maximum Gasteiger partial charge on any atom is 0.308 e. The van der Waals surface area contributed by atoms with E-state index in [-0.39, 0.29) is 18.1 Å². The number of carbonyl (C=O) groups is 1. The van der Waals surface area contributed by atoms with Crippen LogP contribution in [0.25, 0.3) is 0 Å². The lowest BCUT2D eigenvalue weighted by molar-refractivity contribution is -0.155. The molecule has 2 atom stereocenters. The Balaban J connectivity index is 2.13. The molecule has 0 saturated carbocycles. The molecule has 0 saturated heterocycles. The average Bonchev–Trinajstić information content (AvgIpc) is 2.54. The summed E-state index contributed by atoms with van der Waals surface area (Å²) in [6, 6.07) is 20.3. The number of ether oxygens (including phenoxy) is 1. The van der Waals surface area contributed by atoms with Gasteiger partial charge in [0.25, 0.3) is 0 Å². The topological polar surface area (TPSA) is 38.3 Å². The van der Waals surface area contributed by atoms with Crippen molar-refractivity contribution in [1.29, 1.82) is 0 Å². The SMILES string of the molecule is CC(N[C@@H](CC(=O)OC(C)(C)C)c1ccccc1)c1ccccc1. The molecule has 0 spiro atoms. The van der Waals surface area contributed by atoms with Crippen LogP contribution in [0.15, 0.2) is 60.7 Å². The van der Waals surface area contributed by atoms with Gasteiger partial charge in [-0.25, -0.2) is 0 Å². The van der Waals surface area contributed by atoms with Crippen molar-refractivity contribution in [2.75, 3.05) is 0 Å². The van der Waals surface area contributed by atoms with E-state index in [2.05, 4.69) is 24.4 Å². The van der Waals surface area contributed by atoms with Crippen LogP contribution in [0.5, 0.6) is 0 Å². The van der Waals surface area contributed by atoms with Gasteiger partial charge in [-0.3, -0.25) is 4.79 Å². The van der Waals surface area contributed by atoms with Gasteiger partial charge in [0.2, 0.25) is 0 Å². The van der Waals surface area contributed by atoms with Gasteiger partial charge in [0, 0.05) is 12.1 Å². The van der Waals surface area contributed by atoms with E-state index in [0.717, 1.165) is 5.56 Å². The maximum absolute atomic E-state index is 12.3. The lowest BCUT2D eigenvalue weighted by Crippen LogP contribution is -2.30. The van der Waals surface area contributed by atoms with Gasteiger partial charge in [-0.15, -0.1) is 0 Å². The molecule has 0 heterocycles. The zero-order valence-corrected chi connectivity index (χ0v) is 15.0. The fourth-order valence-electron chi connectivity index (χ4n) is 2.65. The first-order valence-electron chi connectivity index (χ1n) is 8.43. The van der Waals surface area contributed by atoms with Crippen LogP contribution in [-0.4, -0.2) is 11.6 Å². The van der Waals surface area contributed by atoms with Crippen molar-refractivity contribution < 1.29 is 9.53 Å². The molecule has 0 fully saturated rings. The number of hydrogen-bond acceptors (Lipinski definition) is 3. The molecule has 0 aromatic heterocycles. The number of carbonyl (C=O) groups excluding carboxylic acids is 1. The Kier molecular flexibility index (Phi) is 6.16. The second-order valence-corrected chi connectivity index (χ2v) is 7.05. The summed E-state index contributed by atoms with van der Waals surface area (Å²) < 4.78 is 5.50. The predicted octanol–water partition coefficient (Wildman–Crippen LogP) is 4.81. The van der Waals surface area contributed by atoms with Gasteiger partial charge in [0.05, 0.1) is 6.42 Å². The van der Waals surface area contributed by atoms with Crippen molar-refractivity contribution in [1.82, 2.24) is 5.32 Å². The molecular formula is C21H27NO2. The molecule has 24 heavy (non-hydrogen) atoms. The van der Waals surface area contributed by atoms with Crippen molar-refractivity contribution in [3.05, 3.63) is 71.8 Å². The highest BCUT2D eigenvalue weighted by Crippen LogP contribution is 2.23. The van der Waals surface area contributed by atoms with E-state index >= 15 is 0 Å². The van der Waals surface area contributed by atoms with E-state index in [1.54, 1.807) is 0 Å². The maximum atomic E-state index is 12.3. The van der Waals surface area contributed by atoms with E-state index in [9.17, 15) is 4.79 Å². The molecule has 2 aromatic carbocycles. The summed E-state index contributed by atoms with van der Waals surface area (Å²) in [5.41, 5.74) is 1.82. The zero-order chi connectivity index (χ0) is 17.6. The van der Waals surface area contributed by atoms with Gasteiger partial charge >= 0.3 is 5.97 Å². The number of hydrogen-bond donors (Lipinski definition) is 1. The molecule has 1 unspecified atom stereocenters. The molecule has 128 valence electrons. The minimum atomic E-state index is -0.469. The molecule has 3 nitrogen and oxygen atoms in total. The quantitative estimate of drug-likeness (QED) is 0.775. The smallest absolute Gasteiger partial charge is 0.308 e. The van der Waals surface area contributed by atoms with Crippen LogP contribution in [-0.2, 0) is 9.53 Å². The summed E-state index contributed by atoms with van der Waals surface area (Å²) in [6.07, 6.45) is 0.304. The molecule has 1 N–H and O–H groups in total. The first kappa shape index (κ1) is 18.2. The first-order valence-corrected chi connectivity index (χ1v) is 8.43. The lowest BCUT2D eigenvalue weighted by atomic mass is 10.0. The lowest BCUT2D eigenvalue weighted by Gasteiger charge is -2.26. The summed E-state index contributed by atoms with van der Waals surface area (Å²) in [5.74, 6) is -0.191. The fourth-order valence-corrected chi connectivity index (χ4v) is 2.65. The molecule has 3 heteroatoms. The third-order valence-corrected chi connectivity index (χ3v) is 3.74. The second-order valence-electron chi connectivity index (χ2n) is 7.05. The highest BCUT2D eigenvalue weighted by atomic mass is 16.6. The van der Waals surface area contributed by atoms with Gasteiger partial charge in [0.1, 0.15) is 5.60 Å². The minimum absolute atomic E-state index is 0.0868. The molecule has 0 radical (unpaired) electrons. The van der Waals surface area contributed by atoms with Crippen molar-refractivity contribution in [2.24, 2.45) is 0 Å². The van der Waals surface area contributed by atoms with E-state index < -0.39 is 5.60 Å². The van der Waals surface area contributed by atoms with E-state index in [1.807, 2.05) is 69.3 Å². The summed E-state index contributed by atoms with van der Waals surface area (Å²) in [5, 5.41) is 3.57. The highest BCUT2D eigenvalue weighted by molar-refractivity contribution is 5.71. The highest BCUT2D eigenvalue weighted by Gasteiger charge is 2.23. The van der Waals surface area contributed by atoms with E-state index in [4.69, 9.17) is 4.74 Å². The standard InChI is InChI=1S/C21H27NO2/c1-16(17-11-7-5-8-12-17)22-19(18-13-9-6-10-14-18)15-20(23)24-21(2,3)4/h5-14,16,19,22H,15H2,1-4H3/t16?,19-/m0/s1. The summed E-state index contributed by atoms with van der Waals surface area (Å²) >= 11 is 0. The van der Waals surface area contributed by atoms with Gasteiger partial charge in [-0.2, -0.15) is 0 Å². The second kappa shape index (κ2) is 8.11. The number of nitrogens with one attached hydrogen (secondary N) is 1. The summed E-state index contributed by atoms with van der Waals surface area (Å²) in [4.78, 5) is 12.3. The Morgan fingerprint density at radius 1 is 0.958 bits per heavy atom. The minimum Gasteiger partial charge on any atom is -0.460 e. The van der Waals surface area contributed by atoms with Crippen molar-refractivity contribution in [2.45, 2.75) is 51.8 Å². The van der Waals surface area contributed by atoms with Crippen LogP contribution >= 0.6 is 0 Å². The molecule has 2 aromatic rings. The molecule has 2 rings (SSSR count). The van der Waals surface area contributed by atoms with Crippen molar-refractivity contribution in [3.63, 3.8) is 0 Å². The van der Waals surface area contributed by atoms with Crippen molar-refractivity contribution in [3.8, 4) is 0 Å². The van der Waals surface area contributed by atoms with Gasteiger partial charge < -0.3 is 10.1 Å². The van der Waals surface area contributed by atoms with E-state index in [0.29, 0.717) is 6.42 Å². The molecule has 0 aliphatic rings. The third kappa shape index (κ3) is 5.82. The Hall–Kier alpha value is -2.13. The fraction of sp³-hybridized carbons (Fsp3) is 0.381.